The van der Waals surface area contributed by atoms with Crippen molar-refractivity contribution in [2.45, 2.75) is 65.0 Å². The lowest BCUT2D eigenvalue weighted by atomic mass is 9.68. The summed E-state index contributed by atoms with van der Waals surface area (Å²) in [5.41, 5.74) is 0.659. The largest absolute Gasteiger partial charge is 0.131 e. The molecular weight excluding hydrogens is 175 g/mol. The van der Waals surface area contributed by atoms with Crippen LogP contribution in [-0.4, -0.2) is 5.16 Å². The fourth-order valence-electron chi connectivity index (χ4n) is 2.41. The van der Waals surface area contributed by atoms with E-state index in [1.165, 1.54) is 32.1 Å². The van der Waals surface area contributed by atoms with Crippen LogP contribution < -0.4 is 0 Å². The zero-order chi connectivity index (χ0) is 10.1. The van der Waals surface area contributed by atoms with Crippen LogP contribution in [0.15, 0.2) is 0 Å². The molecule has 1 unspecified atom stereocenters. The lowest BCUT2D eigenvalue weighted by Gasteiger charge is -2.41. The average molecular weight is 200 g/mol. The van der Waals surface area contributed by atoms with Crippen LogP contribution in [0.2, 0.25) is 0 Å². The molecule has 1 saturated carbocycles. The third-order valence-electron chi connectivity index (χ3n) is 4.10. The molecule has 0 nitrogen and oxygen atoms in total. The molecule has 0 N–H and O–H groups in total. The number of hydrogen-bond acceptors (Lipinski definition) is 0. The van der Waals surface area contributed by atoms with Gasteiger partial charge >= 0.3 is 0 Å². The van der Waals surface area contributed by atoms with E-state index >= 15 is 0 Å². The molecule has 1 aliphatic rings. The highest BCUT2D eigenvalue weighted by Crippen LogP contribution is 2.46. The van der Waals surface area contributed by atoms with Crippen molar-refractivity contribution in [3.8, 4) is 0 Å². The average Bonchev–Trinajstić information content (AvgIpc) is 2.04. The van der Waals surface area contributed by atoms with E-state index in [4.69, 9.17) is 0 Å². The molecule has 0 amide bonds. The Morgan fingerprint density at radius 2 is 1.77 bits per heavy atom. The fourth-order valence-corrected chi connectivity index (χ4v) is 2.75. The van der Waals surface area contributed by atoms with Crippen molar-refractivity contribution in [2.75, 3.05) is 0 Å². The molecule has 0 aliphatic heterocycles. The molecule has 0 bridgehead atoms. The highest BCUT2D eigenvalue weighted by Gasteiger charge is 2.34. The minimum atomic E-state index is 0.453. The Morgan fingerprint density at radius 3 is 2.08 bits per heavy atom. The third-order valence-corrected chi connectivity index (χ3v) is 4.57. The van der Waals surface area contributed by atoms with Crippen LogP contribution >= 0.6 is 9.24 Å². The molecule has 0 spiro atoms. The van der Waals surface area contributed by atoms with Gasteiger partial charge in [0.05, 0.1) is 0 Å². The number of rotatable bonds is 2. The molecule has 1 aliphatic carbocycles. The Morgan fingerprint density at radius 1 is 1.31 bits per heavy atom. The Hall–Kier alpha value is 0.430. The van der Waals surface area contributed by atoms with Crippen molar-refractivity contribution in [1.29, 1.82) is 0 Å². The standard InChI is InChI=1S/C12H25P/c1-5-12(4)8-6-10(7-9-12)11(2,3)13/h10H,5-9,13H2,1-4H3. The molecule has 0 aromatic carbocycles. The molecular formula is C12H25P. The first-order valence-corrected chi connectivity index (χ1v) is 6.24. The molecule has 1 rings (SSSR count). The van der Waals surface area contributed by atoms with Crippen LogP contribution in [0.1, 0.15) is 59.8 Å². The smallest absolute Gasteiger partial charge is 0.0178 e. The van der Waals surface area contributed by atoms with Crippen LogP contribution in [0, 0.1) is 11.3 Å². The van der Waals surface area contributed by atoms with Crippen molar-refractivity contribution in [2.24, 2.45) is 11.3 Å². The molecule has 1 fully saturated rings. The minimum absolute atomic E-state index is 0.453. The predicted octanol–water partition coefficient (Wildman–Crippen LogP) is 4.25. The molecule has 0 aromatic heterocycles. The molecule has 1 heteroatoms. The summed E-state index contributed by atoms with van der Waals surface area (Å²) in [6.07, 6.45) is 7.09. The van der Waals surface area contributed by atoms with Gasteiger partial charge in [-0.05, 0) is 42.2 Å². The maximum absolute atomic E-state index is 3.02. The van der Waals surface area contributed by atoms with Gasteiger partial charge in [0.15, 0.2) is 0 Å². The summed E-state index contributed by atoms with van der Waals surface area (Å²) in [7, 11) is 3.02. The van der Waals surface area contributed by atoms with Gasteiger partial charge in [-0.1, -0.05) is 34.1 Å². The first-order chi connectivity index (χ1) is 5.87. The zero-order valence-corrected chi connectivity index (χ0v) is 10.8. The second-order valence-corrected chi connectivity index (χ2v) is 7.25. The summed E-state index contributed by atoms with van der Waals surface area (Å²) < 4.78 is 0. The summed E-state index contributed by atoms with van der Waals surface area (Å²) in [6, 6.07) is 0. The fraction of sp³-hybridized carbons (Fsp3) is 1.00. The summed E-state index contributed by atoms with van der Waals surface area (Å²) >= 11 is 0. The summed E-state index contributed by atoms with van der Waals surface area (Å²) in [5.74, 6) is 0.928. The summed E-state index contributed by atoms with van der Waals surface area (Å²) in [5, 5.41) is 0.453. The summed E-state index contributed by atoms with van der Waals surface area (Å²) in [6.45, 7) is 9.51. The van der Waals surface area contributed by atoms with Crippen molar-refractivity contribution in [3.63, 3.8) is 0 Å². The van der Waals surface area contributed by atoms with E-state index in [1.54, 1.807) is 0 Å². The topological polar surface area (TPSA) is 0 Å². The first kappa shape index (κ1) is 11.5. The maximum atomic E-state index is 3.02. The van der Waals surface area contributed by atoms with Crippen LogP contribution in [0.5, 0.6) is 0 Å². The highest BCUT2D eigenvalue weighted by atomic mass is 31.0. The maximum Gasteiger partial charge on any atom is -0.0178 e. The Kier molecular flexibility index (Phi) is 3.44. The lowest BCUT2D eigenvalue weighted by molar-refractivity contribution is 0.148. The normalized spacial score (nSPS) is 36.2. The molecule has 0 radical (unpaired) electrons. The molecule has 13 heavy (non-hydrogen) atoms. The van der Waals surface area contributed by atoms with Crippen LogP contribution in [0.3, 0.4) is 0 Å². The quantitative estimate of drug-likeness (QED) is 0.585. The van der Waals surface area contributed by atoms with Gasteiger partial charge in [-0.15, -0.1) is 9.24 Å². The van der Waals surface area contributed by atoms with Gasteiger partial charge < -0.3 is 0 Å². The van der Waals surface area contributed by atoms with Crippen LogP contribution in [-0.2, 0) is 0 Å². The van der Waals surface area contributed by atoms with Gasteiger partial charge in [-0.2, -0.15) is 0 Å². The SMILES string of the molecule is CCC1(C)CCC(C(C)(C)P)CC1. The number of hydrogen-bond donors (Lipinski definition) is 0. The van der Waals surface area contributed by atoms with E-state index in [0.717, 1.165) is 5.92 Å². The van der Waals surface area contributed by atoms with Crippen molar-refractivity contribution >= 4 is 9.24 Å². The molecule has 78 valence electrons. The van der Waals surface area contributed by atoms with Gasteiger partial charge in [-0.25, -0.2) is 0 Å². The van der Waals surface area contributed by atoms with Crippen molar-refractivity contribution in [3.05, 3.63) is 0 Å². The molecule has 1 atom stereocenters. The lowest BCUT2D eigenvalue weighted by Crippen LogP contribution is -2.32. The monoisotopic (exact) mass is 200 g/mol. The molecule has 0 aromatic rings. The second kappa shape index (κ2) is 3.89. The van der Waals surface area contributed by atoms with Gasteiger partial charge in [0.1, 0.15) is 0 Å². The van der Waals surface area contributed by atoms with E-state index in [1.807, 2.05) is 0 Å². The van der Waals surface area contributed by atoms with E-state index in [-0.39, 0.29) is 0 Å². The van der Waals surface area contributed by atoms with Crippen LogP contribution in [0.25, 0.3) is 0 Å². The first-order valence-electron chi connectivity index (χ1n) is 5.66. The Bertz CT molecular complexity index is 158. The van der Waals surface area contributed by atoms with Gasteiger partial charge in [0.25, 0.3) is 0 Å². The van der Waals surface area contributed by atoms with Gasteiger partial charge in [0, 0.05) is 0 Å². The van der Waals surface area contributed by atoms with E-state index < -0.39 is 0 Å². The van der Waals surface area contributed by atoms with E-state index in [0.29, 0.717) is 10.6 Å². The Labute approximate surface area is 86.1 Å². The van der Waals surface area contributed by atoms with Gasteiger partial charge in [0.2, 0.25) is 0 Å². The van der Waals surface area contributed by atoms with E-state index in [2.05, 4.69) is 36.9 Å². The van der Waals surface area contributed by atoms with E-state index in [9.17, 15) is 0 Å². The van der Waals surface area contributed by atoms with Crippen molar-refractivity contribution in [1.82, 2.24) is 0 Å². The molecule has 0 saturated heterocycles. The van der Waals surface area contributed by atoms with Crippen LogP contribution in [0.4, 0.5) is 0 Å². The highest BCUT2D eigenvalue weighted by molar-refractivity contribution is 7.18. The zero-order valence-electron chi connectivity index (χ0n) is 9.69. The third kappa shape index (κ3) is 2.94. The summed E-state index contributed by atoms with van der Waals surface area (Å²) in [4.78, 5) is 0. The molecule has 0 heterocycles. The Balaban J connectivity index is 2.48. The van der Waals surface area contributed by atoms with Crippen molar-refractivity contribution < 1.29 is 0 Å². The minimum Gasteiger partial charge on any atom is -0.131 e. The second-order valence-electron chi connectivity index (χ2n) is 5.76. The predicted molar refractivity (Wildman–Crippen MR) is 64.1 cm³/mol. The van der Waals surface area contributed by atoms with Gasteiger partial charge in [-0.3, -0.25) is 0 Å².